The molecule has 0 bridgehead atoms. The second-order valence-electron chi connectivity index (χ2n) is 3.50. The lowest BCUT2D eigenvalue weighted by molar-refractivity contribution is -0.133. The van der Waals surface area contributed by atoms with Gasteiger partial charge in [0, 0.05) is 13.0 Å². The first-order valence-electron chi connectivity index (χ1n) is 5.31. The highest BCUT2D eigenvalue weighted by Crippen LogP contribution is 2.14. The van der Waals surface area contributed by atoms with Crippen molar-refractivity contribution >= 4 is 5.78 Å². The molecule has 0 aromatic rings. The van der Waals surface area contributed by atoms with E-state index in [1.54, 1.807) is 0 Å². The minimum atomic E-state index is -0.171. The molecular formula is C11H22O2. The van der Waals surface area contributed by atoms with Gasteiger partial charge in [-0.15, -0.1) is 0 Å². The summed E-state index contributed by atoms with van der Waals surface area (Å²) in [6.07, 6.45) is 2.39. The van der Waals surface area contributed by atoms with Gasteiger partial charge < -0.3 is 4.74 Å². The summed E-state index contributed by atoms with van der Waals surface area (Å²) in [6.45, 7) is 8.82. The summed E-state index contributed by atoms with van der Waals surface area (Å²) in [5, 5.41) is 0. The lowest BCUT2D eigenvalue weighted by Crippen LogP contribution is -2.30. The normalized spacial score (nSPS) is 15.4. The summed E-state index contributed by atoms with van der Waals surface area (Å²) in [5.41, 5.74) is 0. The van der Waals surface area contributed by atoms with Crippen LogP contribution in [0.4, 0.5) is 0 Å². The van der Waals surface area contributed by atoms with E-state index >= 15 is 0 Å². The zero-order valence-electron chi connectivity index (χ0n) is 9.30. The van der Waals surface area contributed by atoms with Crippen molar-refractivity contribution in [2.45, 2.75) is 53.1 Å². The Morgan fingerprint density at radius 2 is 1.92 bits per heavy atom. The Balaban J connectivity index is 4.09. The standard InChI is InChI=1S/C11H22O2/c1-5-8-13-11(9(4)6-2)10(12)7-3/h9,11H,5-8H2,1-4H3. The van der Waals surface area contributed by atoms with Gasteiger partial charge in [-0.3, -0.25) is 4.79 Å². The number of hydrogen-bond acceptors (Lipinski definition) is 2. The first kappa shape index (κ1) is 12.6. The van der Waals surface area contributed by atoms with E-state index in [9.17, 15) is 4.79 Å². The quantitative estimate of drug-likeness (QED) is 0.611. The van der Waals surface area contributed by atoms with Crippen molar-refractivity contribution < 1.29 is 9.53 Å². The minimum absolute atomic E-state index is 0.171. The van der Waals surface area contributed by atoms with Gasteiger partial charge in [-0.05, 0) is 12.3 Å². The third kappa shape index (κ3) is 4.41. The molecule has 2 nitrogen and oxygen atoms in total. The van der Waals surface area contributed by atoms with Crippen molar-refractivity contribution in [1.29, 1.82) is 0 Å². The van der Waals surface area contributed by atoms with Crippen molar-refractivity contribution in [1.82, 2.24) is 0 Å². The fourth-order valence-corrected chi connectivity index (χ4v) is 1.23. The van der Waals surface area contributed by atoms with E-state index in [0.29, 0.717) is 18.9 Å². The molecule has 0 aromatic carbocycles. The molecule has 0 spiro atoms. The summed E-state index contributed by atoms with van der Waals surface area (Å²) in [4.78, 5) is 11.5. The van der Waals surface area contributed by atoms with Gasteiger partial charge in [-0.1, -0.05) is 34.1 Å². The van der Waals surface area contributed by atoms with E-state index in [2.05, 4.69) is 20.8 Å². The van der Waals surface area contributed by atoms with Crippen LogP contribution in [0.25, 0.3) is 0 Å². The molecule has 0 aliphatic rings. The van der Waals surface area contributed by atoms with Crippen molar-refractivity contribution in [3.63, 3.8) is 0 Å². The van der Waals surface area contributed by atoms with Crippen molar-refractivity contribution in [2.24, 2.45) is 5.92 Å². The van der Waals surface area contributed by atoms with E-state index < -0.39 is 0 Å². The monoisotopic (exact) mass is 186 g/mol. The van der Waals surface area contributed by atoms with Crippen molar-refractivity contribution in [3.05, 3.63) is 0 Å². The predicted molar refractivity (Wildman–Crippen MR) is 54.8 cm³/mol. The molecule has 0 N–H and O–H groups in total. The van der Waals surface area contributed by atoms with Gasteiger partial charge in [-0.2, -0.15) is 0 Å². The second kappa shape index (κ2) is 7.07. The van der Waals surface area contributed by atoms with Crippen molar-refractivity contribution in [2.75, 3.05) is 6.61 Å². The van der Waals surface area contributed by atoms with Crippen LogP contribution in [0.5, 0.6) is 0 Å². The summed E-state index contributed by atoms with van der Waals surface area (Å²) < 4.78 is 5.55. The van der Waals surface area contributed by atoms with Gasteiger partial charge >= 0.3 is 0 Å². The van der Waals surface area contributed by atoms with Crippen molar-refractivity contribution in [3.8, 4) is 0 Å². The molecule has 2 heteroatoms. The predicted octanol–water partition coefficient (Wildman–Crippen LogP) is 2.81. The van der Waals surface area contributed by atoms with Crippen LogP contribution in [0.2, 0.25) is 0 Å². The third-order valence-corrected chi connectivity index (χ3v) is 2.33. The molecule has 0 radical (unpaired) electrons. The number of carbonyl (C=O) groups is 1. The topological polar surface area (TPSA) is 26.3 Å². The van der Waals surface area contributed by atoms with E-state index in [1.165, 1.54) is 0 Å². The Bertz CT molecular complexity index is 143. The smallest absolute Gasteiger partial charge is 0.161 e. The molecule has 0 amide bonds. The maximum Gasteiger partial charge on any atom is 0.161 e. The van der Waals surface area contributed by atoms with Gasteiger partial charge in [-0.25, -0.2) is 0 Å². The number of ether oxygens (including phenoxy) is 1. The van der Waals surface area contributed by atoms with Gasteiger partial charge in [0.25, 0.3) is 0 Å². The molecule has 13 heavy (non-hydrogen) atoms. The summed E-state index contributed by atoms with van der Waals surface area (Å²) in [6, 6.07) is 0. The van der Waals surface area contributed by atoms with Gasteiger partial charge in [0.2, 0.25) is 0 Å². The highest BCUT2D eigenvalue weighted by atomic mass is 16.5. The summed E-state index contributed by atoms with van der Waals surface area (Å²) in [7, 11) is 0. The lowest BCUT2D eigenvalue weighted by atomic mass is 9.97. The molecule has 0 aliphatic heterocycles. The van der Waals surface area contributed by atoms with Gasteiger partial charge in [0.05, 0.1) is 0 Å². The zero-order chi connectivity index (χ0) is 10.3. The van der Waals surface area contributed by atoms with Crippen LogP contribution < -0.4 is 0 Å². The minimum Gasteiger partial charge on any atom is -0.370 e. The zero-order valence-corrected chi connectivity index (χ0v) is 9.30. The van der Waals surface area contributed by atoms with Crippen LogP contribution in [-0.2, 0) is 9.53 Å². The van der Waals surface area contributed by atoms with Gasteiger partial charge in [0.1, 0.15) is 6.10 Å². The molecule has 2 unspecified atom stereocenters. The highest BCUT2D eigenvalue weighted by molar-refractivity contribution is 5.83. The average Bonchev–Trinajstić information content (AvgIpc) is 2.17. The number of rotatable bonds is 7. The molecule has 0 rings (SSSR count). The average molecular weight is 186 g/mol. The van der Waals surface area contributed by atoms with E-state index in [1.807, 2.05) is 6.92 Å². The fraction of sp³-hybridized carbons (Fsp3) is 0.909. The Labute approximate surface area is 81.7 Å². The molecule has 78 valence electrons. The van der Waals surface area contributed by atoms with E-state index in [-0.39, 0.29) is 11.9 Å². The molecule has 2 atom stereocenters. The third-order valence-electron chi connectivity index (χ3n) is 2.33. The van der Waals surface area contributed by atoms with E-state index in [4.69, 9.17) is 4.74 Å². The first-order valence-corrected chi connectivity index (χ1v) is 5.31. The molecule has 0 heterocycles. The van der Waals surface area contributed by atoms with Gasteiger partial charge in [0.15, 0.2) is 5.78 Å². The first-order chi connectivity index (χ1) is 6.17. The van der Waals surface area contributed by atoms with Crippen LogP contribution >= 0.6 is 0 Å². The molecule has 0 aromatic heterocycles. The SMILES string of the molecule is CCCOC(C(=O)CC)C(C)CC. The van der Waals surface area contributed by atoms with E-state index in [0.717, 1.165) is 12.8 Å². The van der Waals surface area contributed by atoms with Crippen LogP contribution in [-0.4, -0.2) is 18.5 Å². The molecule has 0 aliphatic carbocycles. The number of ketones is 1. The largest absolute Gasteiger partial charge is 0.370 e. The maximum atomic E-state index is 11.5. The Kier molecular flexibility index (Phi) is 6.87. The Hall–Kier alpha value is -0.370. The molecule has 0 fully saturated rings. The lowest BCUT2D eigenvalue weighted by Gasteiger charge is -2.21. The van der Waals surface area contributed by atoms with Crippen LogP contribution in [0.15, 0.2) is 0 Å². The molecular weight excluding hydrogens is 164 g/mol. The Morgan fingerprint density at radius 3 is 2.31 bits per heavy atom. The fourth-order valence-electron chi connectivity index (χ4n) is 1.23. The molecule has 0 saturated carbocycles. The van der Waals surface area contributed by atoms with Crippen LogP contribution in [0.3, 0.4) is 0 Å². The Morgan fingerprint density at radius 1 is 1.31 bits per heavy atom. The van der Waals surface area contributed by atoms with Crippen LogP contribution in [0, 0.1) is 5.92 Å². The summed E-state index contributed by atoms with van der Waals surface area (Å²) >= 11 is 0. The van der Waals surface area contributed by atoms with Crippen LogP contribution in [0.1, 0.15) is 47.0 Å². The second-order valence-corrected chi connectivity index (χ2v) is 3.50. The highest BCUT2D eigenvalue weighted by Gasteiger charge is 2.22. The number of carbonyl (C=O) groups excluding carboxylic acids is 1. The molecule has 0 saturated heterocycles. The number of hydrogen-bond donors (Lipinski definition) is 0. The number of Topliss-reactive ketones (excluding diaryl/α,β-unsaturated/α-hetero) is 1. The summed E-state index contributed by atoms with van der Waals surface area (Å²) in [5.74, 6) is 0.585. The maximum absolute atomic E-state index is 11.5.